The van der Waals surface area contributed by atoms with Crippen LogP contribution in [0, 0.1) is 5.92 Å². The van der Waals surface area contributed by atoms with Crippen molar-refractivity contribution in [3.8, 4) is 0 Å². The second-order valence-corrected chi connectivity index (χ2v) is 11.0. The lowest BCUT2D eigenvalue weighted by atomic mass is 9.69. The molecule has 2 fully saturated rings. The fourth-order valence-corrected chi connectivity index (χ4v) is 5.15. The van der Waals surface area contributed by atoms with Crippen molar-refractivity contribution in [2.75, 3.05) is 0 Å². The first-order valence-electron chi connectivity index (χ1n) is 8.22. The Hall–Kier alpha value is 0.680. The number of halogens is 3. The molecule has 2 rings (SSSR count). The molecule has 23 heavy (non-hydrogen) atoms. The largest absolute Gasteiger partial charge is 0.462 e. The van der Waals surface area contributed by atoms with Crippen LogP contribution in [0.5, 0.6) is 0 Å². The van der Waals surface area contributed by atoms with E-state index in [4.69, 9.17) is 21.1 Å². The Bertz CT molecular complexity index is 469. The van der Waals surface area contributed by atoms with Crippen LogP contribution in [0.25, 0.3) is 0 Å². The Morgan fingerprint density at radius 1 is 1.22 bits per heavy atom. The van der Waals surface area contributed by atoms with Gasteiger partial charge in [-0.15, -0.1) is 11.6 Å². The van der Waals surface area contributed by atoms with E-state index in [1.165, 1.54) is 6.92 Å². The zero-order chi connectivity index (χ0) is 17.6. The van der Waals surface area contributed by atoms with Crippen LogP contribution in [0.2, 0.25) is 0 Å². The third-order valence-electron chi connectivity index (χ3n) is 5.41. The van der Waals surface area contributed by atoms with Gasteiger partial charge < -0.3 is 9.47 Å². The van der Waals surface area contributed by atoms with Crippen LogP contribution in [0.1, 0.15) is 60.3 Å². The van der Waals surface area contributed by atoms with E-state index in [1.807, 2.05) is 6.92 Å². The molecule has 0 radical (unpaired) electrons. The Balaban J connectivity index is 2.28. The molecular formula is C17H27Br2ClO3. The maximum absolute atomic E-state index is 11.6. The number of alkyl halides is 3. The maximum Gasteiger partial charge on any atom is 0.302 e. The van der Waals surface area contributed by atoms with Gasteiger partial charge in [0, 0.05) is 28.9 Å². The first-order valence-corrected chi connectivity index (χ1v) is 10.4. The third-order valence-corrected chi connectivity index (χ3v) is 9.04. The van der Waals surface area contributed by atoms with Gasteiger partial charge in [0.15, 0.2) is 0 Å². The maximum atomic E-state index is 11.6. The highest BCUT2D eigenvalue weighted by Crippen LogP contribution is 2.51. The number of esters is 1. The Kier molecular flexibility index (Phi) is 5.89. The number of hydrogen-bond acceptors (Lipinski definition) is 3. The minimum absolute atomic E-state index is 0.127. The van der Waals surface area contributed by atoms with Crippen LogP contribution in [-0.2, 0) is 14.3 Å². The smallest absolute Gasteiger partial charge is 0.302 e. The van der Waals surface area contributed by atoms with Crippen LogP contribution in [0.3, 0.4) is 0 Å². The van der Waals surface area contributed by atoms with Crippen molar-refractivity contribution in [1.29, 1.82) is 0 Å². The van der Waals surface area contributed by atoms with Gasteiger partial charge in [-0.05, 0) is 47.0 Å². The molecule has 0 aromatic heterocycles. The van der Waals surface area contributed by atoms with Crippen molar-refractivity contribution in [2.24, 2.45) is 5.92 Å². The lowest BCUT2D eigenvalue weighted by Gasteiger charge is -2.54. The predicted octanol–water partition coefficient (Wildman–Crippen LogP) is 5.20. The molecule has 1 saturated carbocycles. The average molecular weight is 475 g/mol. The van der Waals surface area contributed by atoms with Crippen LogP contribution < -0.4 is 0 Å². The summed E-state index contributed by atoms with van der Waals surface area (Å²) in [6.07, 6.45) is 3.23. The fraction of sp³-hybridized carbons (Fsp3) is 0.941. The minimum atomic E-state index is -0.422. The molecule has 6 heteroatoms. The quantitative estimate of drug-likeness (QED) is 0.408. The summed E-state index contributed by atoms with van der Waals surface area (Å²) in [6.45, 7) is 9.86. The molecule has 1 saturated heterocycles. The summed E-state index contributed by atoms with van der Waals surface area (Å²) >= 11 is 14.1. The second kappa shape index (κ2) is 6.77. The van der Waals surface area contributed by atoms with E-state index >= 15 is 0 Å². The van der Waals surface area contributed by atoms with Crippen LogP contribution >= 0.6 is 43.5 Å². The van der Waals surface area contributed by atoms with Crippen molar-refractivity contribution in [2.45, 2.75) is 92.1 Å². The van der Waals surface area contributed by atoms with Gasteiger partial charge in [-0.2, -0.15) is 0 Å². The highest BCUT2D eigenvalue weighted by molar-refractivity contribution is 9.09. The number of rotatable bonds is 2. The van der Waals surface area contributed by atoms with Gasteiger partial charge in [0.1, 0.15) is 6.10 Å². The predicted molar refractivity (Wildman–Crippen MR) is 101 cm³/mol. The fourth-order valence-electron chi connectivity index (χ4n) is 4.00. The van der Waals surface area contributed by atoms with E-state index in [9.17, 15) is 4.79 Å². The molecule has 134 valence electrons. The molecule has 0 spiro atoms. The molecule has 0 bridgehead atoms. The SMILES string of the molecule is CC(=O)O[C@H]1C[C@@](C)(Cl)[C@H](Br)C[C@@H]1[C@@]1(C)CC[C@H](Br)C(C)(C)O1. The van der Waals surface area contributed by atoms with Crippen molar-refractivity contribution in [1.82, 2.24) is 0 Å². The molecule has 1 aliphatic carbocycles. The number of carbonyl (C=O) groups is 1. The van der Waals surface area contributed by atoms with Gasteiger partial charge >= 0.3 is 5.97 Å². The normalized spacial score (nSPS) is 47.1. The third kappa shape index (κ3) is 4.27. The van der Waals surface area contributed by atoms with E-state index in [1.54, 1.807) is 0 Å². The van der Waals surface area contributed by atoms with Gasteiger partial charge in [-0.25, -0.2) is 0 Å². The molecule has 6 atom stereocenters. The standard InChI is InChI=1S/C17H27Br2ClO3/c1-10(21)22-12-9-16(4,20)14(19)8-11(12)17(5)7-6-13(18)15(2,3)23-17/h11-14H,6-9H2,1-5H3/t11-,12-,13-,14+,16+,17+/m0/s1. The molecule has 0 unspecified atom stereocenters. The molecule has 1 heterocycles. The molecular weight excluding hydrogens is 447 g/mol. The molecule has 1 aliphatic heterocycles. The average Bonchev–Trinajstić information content (AvgIpc) is 2.37. The Morgan fingerprint density at radius 3 is 2.35 bits per heavy atom. The van der Waals surface area contributed by atoms with Gasteiger partial charge in [-0.1, -0.05) is 31.9 Å². The van der Waals surface area contributed by atoms with E-state index in [-0.39, 0.29) is 34.0 Å². The zero-order valence-electron chi connectivity index (χ0n) is 14.5. The van der Waals surface area contributed by atoms with Gasteiger partial charge in [0.05, 0.1) is 16.1 Å². The highest BCUT2D eigenvalue weighted by atomic mass is 79.9. The van der Waals surface area contributed by atoms with Crippen molar-refractivity contribution in [3.05, 3.63) is 0 Å². The summed E-state index contributed by atoms with van der Waals surface area (Å²) in [5, 5.41) is 0. The van der Waals surface area contributed by atoms with Gasteiger partial charge in [0.25, 0.3) is 0 Å². The Labute approximate surface area is 161 Å². The minimum Gasteiger partial charge on any atom is -0.462 e. The molecule has 0 amide bonds. The highest BCUT2D eigenvalue weighted by Gasteiger charge is 2.54. The van der Waals surface area contributed by atoms with Crippen LogP contribution in [0.15, 0.2) is 0 Å². The van der Waals surface area contributed by atoms with Crippen molar-refractivity contribution >= 4 is 49.4 Å². The number of ether oxygens (including phenoxy) is 2. The molecule has 0 aromatic rings. The summed E-state index contributed by atoms with van der Waals surface area (Å²) < 4.78 is 12.2. The van der Waals surface area contributed by atoms with E-state index in [0.717, 1.165) is 19.3 Å². The lowest BCUT2D eigenvalue weighted by molar-refractivity contribution is -0.213. The summed E-state index contributed by atoms with van der Waals surface area (Å²) in [7, 11) is 0. The van der Waals surface area contributed by atoms with Crippen LogP contribution in [-0.4, -0.2) is 37.8 Å². The van der Waals surface area contributed by atoms with Gasteiger partial charge in [0.2, 0.25) is 0 Å². The summed E-state index contributed by atoms with van der Waals surface area (Å²) in [5.74, 6) is -0.126. The van der Waals surface area contributed by atoms with Gasteiger partial charge in [-0.3, -0.25) is 4.79 Å². The first-order chi connectivity index (χ1) is 10.4. The van der Waals surface area contributed by atoms with Crippen molar-refractivity contribution < 1.29 is 14.3 Å². The molecule has 0 aromatic carbocycles. The van der Waals surface area contributed by atoms with E-state index in [2.05, 4.69) is 52.6 Å². The van der Waals surface area contributed by atoms with E-state index < -0.39 is 4.87 Å². The summed E-state index contributed by atoms with van der Waals surface area (Å²) in [5.41, 5.74) is -0.579. The lowest BCUT2D eigenvalue weighted by Crippen LogP contribution is -2.59. The van der Waals surface area contributed by atoms with E-state index in [0.29, 0.717) is 11.2 Å². The number of carbonyl (C=O) groups excluding carboxylic acids is 1. The van der Waals surface area contributed by atoms with Crippen LogP contribution in [0.4, 0.5) is 0 Å². The topological polar surface area (TPSA) is 35.5 Å². The summed E-state index contributed by atoms with van der Waals surface area (Å²) in [6, 6.07) is 0. The monoisotopic (exact) mass is 472 g/mol. The number of hydrogen-bond donors (Lipinski definition) is 0. The second-order valence-electron chi connectivity index (χ2n) is 7.96. The zero-order valence-corrected chi connectivity index (χ0v) is 18.4. The first kappa shape index (κ1) is 20.0. The van der Waals surface area contributed by atoms with Crippen molar-refractivity contribution in [3.63, 3.8) is 0 Å². The Morgan fingerprint density at radius 2 is 1.83 bits per heavy atom. The molecule has 3 nitrogen and oxygen atoms in total. The molecule has 0 N–H and O–H groups in total. The molecule has 2 aliphatic rings. The summed E-state index contributed by atoms with van der Waals surface area (Å²) in [4.78, 5) is 11.7.